The lowest BCUT2D eigenvalue weighted by Gasteiger charge is -2.15. The number of fused-ring (bicyclic) bond motifs is 1. The lowest BCUT2D eigenvalue weighted by molar-refractivity contribution is 0.172. The number of rotatable bonds is 5. The standard InChI is InChI=1S/C17H19N5O2/c1-12(16-21-20-15-9-5-6-10-22(15)16)19-17(24)18-11-14(23)13-7-3-2-4-8-13/h2-10,12,14,23H,11H2,1H3,(H2,18,19,24). The summed E-state index contributed by atoms with van der Waals surface area (Å²) in [6, 6.07) is 14.1. The number of nitrogens with one attached hydrogen (secondary N) is 2. The van der Waals surface area contributed by atoms with Gasteiger partial charge in [0.05, 0.1) is 12.1 Å². The fourth-order valence-electron chi connectivity index (χ4n) is 2.45. The molecule has 0 bridgehead atoms. The van der Waals surface area contributed by atoms with Gasteiger partial charge in [-0.3, -0.25) is 4.40 Å². The molecular weight excluding hydrogens is 306 g/mol. The van der Waals surface area contributed by atoms with Gasteiger partial charge in [-0.15, -0.1) is 10.2 Å². The average Bonchev–Trinajstić information content (AvgIpc) is 3.04. The fourth-order valence-corrected chi connectivity index (χ4v) is 2.45. The van der Waals surface area contributed by atoms with Gasteiger partial charge in [-0.05, 0) is 24.6 Å². The first-order valence-corrected chi connectivity index (χ1v) is 7.72. The van der Waals surface area contributed by atoms with Crippen LogP contribution in [-0.4, -0.2) is 32.3 Å². The Kier molecular flexibility index (Phi) is 4.72. The molecule has 0 aliphatic heterocycles. The van der Waals surface area contributed by atoms with Crippen LogP contribution in [0.3, 0.4) is 0 Å². The van der Waals surface area contributed by atoms with E-state index in [1.165, 1.54) is 0 Å². The van der Waals surface area contributed by atoms with Crippen molar-refractivity contribution in [2.45, 2.75) is 19.1 Å². The maximum absolute atomic E-state index is 12.0. The molecule has 24 heavy (non-hydrogen) atoms. The minimum Gasteiger partial charge on any atom is -0.387 e. The van der Waals surface area contributed by atoms with Crippen LogP contribution >= 0.6 is 0 Å². The molecule has 3 aromatic rings. The molecule has 2 atom stereocenters. The third-order valence-corrected chi connectivity index (χ3v) is 3.72. The zero-order valence-electron chi connectivity index (χ0n) is 13.3. The Bertz CT molecular complexity index is 818. The summed E-state index contributed by atoms with van der Waals surface area (Å²) in [6.45, 7) is 1.96. The minimum absolute atomic E-state index is 0.128. The van der Waals surface area contributed by atoms with Crippen LogP contribution in [-0.2, 0) is 0 Å². The molecule has 0 aliphatic rings. The van der Waals surface area contributed by atoms with Crippen LogP contribution in [0, 0.1) is 0 Å². The molecule has 124 valence electrons. The highest BCUT2D eigenvalue weighted by molar-refractivity contribution is 5.74. The van der Waals surface area contributed by atoms with Gasteiger partial charge in [0.25, 0.3) is 0 Å². The first kappa shape index (κ1) is 15.9. The second-order valence-corrected chi connectivity index (χ2v) is 5.49. The Morgan fingerprint density at radius 2 is 1.92 bits per heavy atom. The summed E-state index contributed by atoms with van der Waals surface area (Å²) in [6.07, 6.45) is 1.10. The lowest BCUT2D eigenvalue weighted by atomic mass is 10.1. The van der Waals surface area contributed by atoms with Gasteiger partial charge in [-0.1, -0.05) is 36.4 Å². The Hall–Kier alpha value is -2.93. The lowest BCUT2D eigenvalue weighted by Crippen LogP contribution is -2.39. The maximum atomic E-state index is 12.0. The van der Waals surface area contributed by atoms with Crippen LogP contribution < -0.4 is 10.6 Å². The van der Waals surface area contributed by atoms with Crippen molar-refractivity contribution in [2.75, 3.05) is 6.54 Å². The monoisotopic (exact) mass is 325 g/mol. The van der Waals surface area contributed by atoms with Crippen molar-refractivity contribution in [1.82, 2.24) is 25.2 Å². The number of aliphatic hydroxyl groups excluding tert-OH is 1. The fraction of sp³-hybridized carbons (Fsp3) is 0.235. The van der Waals surface area contributed by atoms with Gasteiger partial charge < -0.3 is 15.7 Å². The number of urea groups is 1. The molecular formula is C17H19N5O2. The number of amides is 2. The molecule has 0 fully saturated rings. The normalized spacial score (nSPS) is 13.4. The molecule has 3 N–H and O–H groups in total. The minimum atomic E-state index is -0.749. The van der Waals surface area contributed by atoms with Crippen LogP contribution in [0.4, 0.5) is 4.79 Å². The van der Waals surface area contributed by atoms with Crippen molar-refractivity contribution in [3.8, 4) is 0 Å². The maximum Gasteiger partial charge on any atom is 0.315 e. The van der Waals surface area contributed by atoms with Crippen LogP contribution in [0.25, 0.3) is 5.65 Å². The summed E-state index contributed by atoms with van der Waals surface area (Å²) in [5.74, 6) is 0.643. The summed E-state index contributed by atoms with van der Waals surface area (Å²) in [5.41, 5.74) is 1.48. The highest BCUT2D eigenvalue weighted by atomic mass is 16.3. The summed E-state index contributed by atoms with van der Waals surface area (Å²) >= 11 is 0. The third-order valence-electron chi connectivity index (χ3n) is 3.72. The van der Waals surface area contributed by atoms with E-state index < -0.39 is 6.10 Å². The van der Waals surface area contributed by atoms with E-state index in [1.54, 1.807) is 0 Å². The highest BCUT2D eigenvalue weighted by Gasteiger charge is 2.16. The zero-order chi connectivity index (χ0) is 16.9. The number of hydrogen-bond donors (Lipinski definition) is 3. The number of pyridine rings is 1. The second kappa shape index (κ2) is 7.10. The van der Waals surface area contributed by atoms with Gasteiger partial charge in [0, 0.05) is 12.7 Å². The summed E-state index contributed by atoms with van der Waals surface area (Å²) in [4.78, 5) is 12.0. The number of nitrogens with zero attached hydrogens (tertiary/aromatic N) is 3. The Morgan fingerprint density at radius 1 is 1.17 bits per heavy atom. The zero-order valence-corrected chi connectivity index (χ0v) is 13.3. The number of carbonyl (C=O) groups excluding carboxylic acids is 1. The molecule has 0 saturated heterocycles. The molecule has 2 heterocycles. The second-order valence-electron chi connectivity index (χ2n) is 5.49. The summed E-state index contributed by atoms with van der Waals surface area (Å²) < 4.78 is 1.82. The van der Waals surface area contributed by atoms with E-state index in [0.717, 1.165) is 11.2 Å². The van der Waals surface area contributed by atoms with E-state index in [2.05, 4.69) is 20.8 Å². The predicted molar refractivity (Wildman–Crippen MR) is 89.3 cm³/mol. The Labute approximate surface area is 139 Å². The van der Waals surface area contributed by atoms with Crippen molar-refractivity contribution in [2.24, 2.45) is 0 Å². The third kappa shape index (κ3) is 3.52. The molecule has 0 saturated carbocycles. The van der Waals surface area contributed by atoms with E-state index in [1.807, 2.05) is 66.1 Å². The van der Waals surface area contributed by atoms with Crippen molar-refractivity contribution >= 4 is 11.7 Å². The topological polar surface area (TPSA) is 91.5 Å². The smallest absolute Gasteiger partial charge is 0.315 e. The van der Waals surface area contributed by atoms with Crippen LogP contribution in [0.5, 0.6) is 0 Å². The molecule has 7 nitrogen and oxygen atoms in total. The van der Waals surface area contributed by atoms with E-state index in [0.29, 0.717) is 5.82 Å². The van der Waals surface area contributed by atoms with Gasteiger partial charge in [-0.25, -0.2) is 4.79 Å². The Balaban J connectivity index is 1.57. The highest BCUT2D eigenvalue weighted by Crippen LogP contribution is 2.12. The van der Waals surface area contributed by atoms with Crippen LogP contribution in [0.15, 0.2) is 54.7 Å². The number of carbonyl (C=O) groups is 1. The molecule has 2 aromatic heterocycles. The number of benzene rings is 1. The number of aromatic nitrogens is 3. The van der Waals surface area contributed by atoms with Crippen molar-refractivity contribution in [3.05, 3.63) is 66.1 Å². The van der Waals surface area contributed by atoms with Gasteiger partial charge in [-0.2, -0.15) is 0 Å². The van der Waals surface area contributed by atoms with Crippen molar-refractivity contribution in [1.29, 1.82) is 0 Å². The Morgan fingerprint density at radius 3 is 2.71 bits per heavy atom. The summed E-state index contributed by atoms with van der Waals surface area (Å²) in [7, 11) is 0. The van der Waals surface area contributed by atoms with Gasteiger partial charge >= 0.3 is 6.03 Å². The van der Waals surface area contributed by atoms with E-state index in [9.17, 15) is 9.90 Å². The molecule has 0 aliphatic carbocycles. The number of aliphatic hydroxyl groups is 1. The van der Waals surface area contributed by atoms with Crippen LogP contribution in [0.2, 0.25) is 0 Å². The molecule has 7 heteroatoms. The first-order valence-electron chi connectivity index (χ1n) is 7.72. The van der Waals surface area contributed by atoms with Gasteiger partial charge in [0.2, 0.25) is 0 Å². The predicted octanol–water partition coefficient (Wildman–Crippen LogP) is 1.82. The molecule has 2 amide bonds. The first-order chi connectivity index (χ1) is 11.6. The molecule has 0 radical (unpaired) electrons. The largest absolute Gasteiger partial charge is 0.387 e. The van der Waals surface area contributed by atoms with Crippen LogP contribution in [0.1, 0.15) is 30.5 Å². The van der Waals surface area contributed by atoms with Crippen molar-refractivity contribution in [3.63, 3.8) is 0 Å². The van der Waals surface area contributed by atoms with E-state index in [4.69, 9.17) is 0 Å². The van der Waals surface area contributed by atoms with E-state index in [-0.39, 0.29) is 18.6 Å². The SMILES string of the molecule is CC(NC(=O)NCC(O)c1ccccc1)c1nnc2ccccn12. The molecule has 2 unspecified atom stereocenters. The average molecular weight is 325 g/mol. The van der Waals surface area contributed by atoms with E-state index >= 15 is 0 Å². The van der Waals surface area contributed by atoms with Crippen molar-refractivity contribution < 1.29 is 9.90 Å². The van der Waals surface area contributed by atoms with Gasteiger partial charge in [0.15, 0.2) is 11.5 Å². The number of hydrogen-bond acceptors (Lipinski definition) is 4. The summed E-state index contributed by atoms with van der Waals surface area (Å²) in [5, 5.41) is 23.7. The molecule has 3 rings (SSSR count). The quantitative estimate of drug-likeness (QED) is 0.667. The molecule has 0 spiro atoms. The van der Waals surface area contributed by atoms with Gasteiger partial charge in [0.1, 0.15) is 0 Å². The molecule has 1 aromatic carbocycles.